The third-order valence-corrected chi connectivity index (χ3v) is 0. The van der Waals surface area contributed by atoms with Crippen molar-refractivity contribution in [3.63, 3.8) is 0 Å². The fourth-order valence-electron chi connectivity index (χ4n) is 0. The first-order valence-electron chi connectivity index (χ1n) is 0.129. The van der Waals surface area contributed by atoms with Gasteiger partial charge in [0, 0.05) is 41.0 Å². The monoisotopic (exact) mass is 249 g/mol. The first-order chi connectivity index (χ1) is 1.00. The summed E-state index contributed by atoms with van der Waals surface area (Å²) in [5, 5.41) is 0. The minimum Gasteiger partial charge on any atom is 0 e. The Balaban J connectivity index is -0.00000000500. The van der Waals surface area contributed by atoms with Crippen LogP contribution in [0.5, 0.6) is 0 Å². The zero-order chi connectivity index (χ0) is 2.00. The van der Waals surface area contributed by atoms with Crippen LogP contribution in [-0.2, 0) is 36.4 Å². The summed E-state index contributed by atoms with van der Waals surface area (Å²) < 4.78 is 7.88. The molecule has 0 aliphatic carbocycles. The molecule has 0 heterocycles. The number of hydrogen-bond donors (Lipinski definition) is 0. The molecule has 1 nitrogen and oxygen atoms in total. The summed E-state index contributed by atoms with van der Waals surface area (Å²) in [6, 6.07) is 0. The van der Waals surface area contributed by atoms with E-state index in [1.807, 2.05) is 0 Å². The van der Waals surface area contributed by atoms with E-state index >= 15 is 0 Å². The van der Waals surface area contributed by atoms with Crippen molar-refractivity contribution in [1.29, 1.82) is 0 Å². The van der Waals surface area contributed by atoms with Gasteiger partial charge >= 0.3 is 19.3 Å². The van der Waals surface area contributed by atoms with Crippen molar-refractivity contribution in [3.8, 4) is 0 Å². The number of rotatable bonds is 0. The summed E-state index contributed by atoms with van der Waals surface area (Å²) in [4.78, 5) is 0. The average Bonchev–Trinajstić information content (AvgIpc) is 1.00. The maximum absolute atomic E-state index is 7.88. The van der Waals surface area contributed by atoms with Gasteiger partial charge in [0.1, 0.15) is 0 Å². The second-order valence-corrected chi connectivity index (χ2v) is 0. The van der Waals surface area contributed by atoms with E-state index in [0.717, 1.165) is 0 Å². The van der Waals surface area contributed by atoms with Gasteiger partial charge in [0.2, 0.25) is 0 Å². The van der Waals surface area contributed by atoms with E-state index in [4.69, 9.17) is 3.90 Å². The van der Waals surface area contributed by atoms with Gasteiger partial charge in [-0.05, 0) is 0 Å². The Labute approximate surface area is 59.9 Å². The molecule has 0 fully saturated rings. The predicted octanol–water partition coefficient (Wildman–Crippen LogP) is -0.505. The molecule has 0 rings (SSSR count). The molecule has 0 aromatic carbocycles. The maximum Gasteiger partial charge on any atom is 0 e. The minimum atomic E-state index is 0. The summed E-state index contributed by atoms with van der Waals surface area (Å²) in [6.07, 6.45) is 0. The van der Waals surface area contributed by atoms with Crippen molar-refractivity contribution < 1.29 is 36.4 Å². The average molecular weight is 248 g/mol. The van der Waals surface area contributed by atoms with E-state index in [1.165, 1.54) is 0 Å². The summed E-state index contributed by atoms with van der Waals surface area (Å²) in [7, 11) is 0. The van der Waals surface area contributed by atoms with E-state index < -0.39 is 0 Å². The van der Waals surface area contributed by atoms with Gasteiger partial charge < -0.3 is 0 Å². The Bertz CT molecular complexity index is 8.00. The summed E-state index contributed by atoms with van der Waals surface area (Å²) in [5.74, 6) is 0. The molecule has 27 valence electrons. The fraction of sp³-hybridized carbons (Fsp3) is 0. The summed E-state index contributed by atoms with van der Waals surface area (Å²) >= 11 is 2.62. The Kier molecular flexibility index (Phi) is 101. The van der Waals surface area contributed by atoms with E-state index in [2.05, 4.69) is 15.4 Å². The zero-order valence-electron chi connectivity index (χ0n) is 1.60. The van der Waals surface area contributed by atoms with Crippen LogP contribution in [0.4, 0.5) is 0 Å². The molecule has 0 aliphatic rings. The molecule has 0 saturated heterocycles. The molecule has 0 aromatic rings. The molecule has 0 amide bonds. The van der Waals surface area contributed by atoms with Crippen LogP contribution in [0.3, 0.4) is 0 Å². The van der Waals surface area contributed by atoms with Crippen LogP contribution < -0.4 is 0 Å². The SMILES string of the molecule is [Mn].[O]=[Ni].[Sn]. The third kappa shape index (κ3) is 9.48. The van der Waals surface area contributed by atoms with Crippen molar-refractivity contribution >= 4 is 23.9 Å². The van der Waals surface area contributed by atoms with Crippen LogP contribution in [0.25, 0.3) is 0 Å². The fourth-order valence-corrected chi connectivity index (χ4v) is 0. The maximum atomic E-state index is 7.88. The standard InChI is InChI=1S/Mn.Ni.O.Sn. The van der Waals surface area contributed by atoms with Gasteiger partial charge in [0.25, 0.3) is 0 Å². The second-order valence-electron chi connectivity index (χ2n) is 0. The predicted molar refractivity (Wildman–Crippen MR) is 6.44 cm³/mol. The third-order valence-electron chi connectivity index (χ3n) is 0. The van der Waals surface area contributed by atoms with E-state index in [1.54, 1.807) is 0 Å². The zero-order valence-corrected chi connectivity index (χ0v) is 6.62. The van der Waals surface area contributed by atoms with Crippen LogP contribution in [0.2, 0.25) is 0 Å². The van der Waals surface area contributed by atoms with Gasteiger partial charge in [-0.15, -0.1) is 0 Å². The first kappa shape index (κ1) is 17.5. The topological polar surface area (TPSA) is 17.1 Å². The van der Waals surface area contributed by atoms with Gasteiger partial charge in [-0.25, -0.2) is 0 Å². The molecule has 0 aliphatic heterocycles. The quantitative estimate of drug-likeness (QED) is 0.528. The van der Waals surface area contributed by atoms with Crippen LogP contribution in [-0.4, -0.2) is 23.9 Å². The molecule has 0 unspecified atom stereocenters. The molecule has 0 N–H and O–H groups in total. The smallest absolute Gasteiger partial charge is 0 e. The first-order valence-corrected chi connectivity index (χ1v) is 0.532. The summed E-state index contributed by atoms with van der Waals surface area (Å²) in [6.45, 7) is 0. The molecular weight excluding hydrogens is 248 g/mol. The molecule has 0 aromatic heterocycles. The van der Waals surface area contributed by atoms with Gasteiger partial charge in [-0.2, -0.15) is 0 Å². The van der Waals surface area contributed by atoms with E-state index in [9.17, 15) is 0 Å². The molecule has 0 bridgehead atoms. The molecule has 4 heteroatoms. The Hall–Kier alpha value is 1.61. The van der Waals surface area contributed by atoms with E-state index in [0.29, 0.717) is 0 Å². The van der Waals surface area contributed by atoms with Crippen molar-refractivity contribution in [3.05, 3.63) is 0 Å². The molecular formula is MnNiOSn. The molecule has 0 saturated carbocycles. The van der Waals surface area contributed by atoms with Crippen molar-refractivity contribution in [2.75, 3.05) is 0 Å². The van der Waals surface area contributed by atoms with Crippen LogP contribution >= 0.6 is 0 Å². The molecule has 0 spiro atoms. The van der Waals surface area contributed by atoms with Crippen molar-refractivity contribution in [1.82, 2.24) is 0 Å². The van der Waals surface area contributed by atoms with Gasteiger partial charge in [-0.3, -0.25) is 0 Å². The largest absolute Gasteiger partial charge is 0 e. The Morgan fingerprint density at radius 2 is 1.25 bits per heavy atom. The minimum absolute atomic E-state index is 0. The Morgan fingerprint density at radius 3 is 1.25 bits per heavy atom. The van der Waals surface area contributed by atoms with Gasteiger partial charge in [-0.1, -0.05) is 0 Å². The number of hydrogen-bond acceptors (Lipinski definition) is 1. The van der Waals surface area contributed by atoms with Gasteiger partial charge in [0.15, 0.2) is 0 Å². The van der Waals surface area contributed by atoms with Gasteiger partial charge in [0.05, 0.1) is 0 Å². The van der Waals surface area contributed by atoms with Crippen molar-refractivity contribution in [2.24, 2.45) is 0 Å². The van der Waals surface area contributed by atoms with Crippen LogP contribution in [0.1, 0.15) is 0 Å². The Morgan fingerprint density at radius 1 is 1.25 bits per heavy atom. The second kappa shape index (κ2) is 23.2. The molecule has 4 heavy (non-hydrogen) atoms. The van der Waals surface area contributed by atoms with Crippen LogP contribution in [0, 0.1) is 0 Å². The van der Waals surface area contributed by atoms with Crippen molar-refractivity contribution in [2.45, 2.75) is 0 Å². The molecule has 5 radical (unpaired) electrons. The normalized spacial score (nSPS) is 1.50. The van der Waals surface area contributed by atoms with E-state index in [-0.39, 0.29) is 41.0 Å². The summed E-state index contributed by atoms with van der Waals surface area (Å²) in [5.41, 5.74) is 0. The van der Waals surface area contributed by atoms with Crippen LogP contribution in [0.15, 0.2) is 0 Å². The molecule has 0 atom stereocenters.